The van der Waals surface area contributed by atoms with Gasteiger partial charge < -0.3 is 0 Å². The van der Waals surface area contributed by atoms with Crippen LogP contribution in [0.5, 0.6) is 0 Å². The highest BCUT2D eigenvalue weighted by Gasteiger charge is 2.13. The lowest BCUT2D eigenvalue weighted by molar-refractivity contribution is 1.11. The highest BCUT2D eigenvalue weighted by molar-refractivity contribution is 6.09. The molecule has 4 nitrogen and oxygen atoms in total. The Morgan fingerprint density at radius 3 is 1.48 bits per heavy atom. The van der Waals surface area contributed by atoms with Crippen LogP contribution in [0.15, 0.2) is 134 Å². The molecule has 0 spiro atoms. The summed E-state index contributed by atoms with van der Waals surface area (Å²) in [7, 11) is 0. The average molecular weight is 511 g/mol. The largest absolute Gasteiger partial charge is 0.245 e. The Hall–Kier alpha value is -5.48. The van der Waals surface area contributed by atoms with Crippen molar-refractivity contribution in [1.29, 1.82) is 0 Å². The molecule has 2 heterocycles. The normalized spacial score (nSPS) is 11.5. The van der Waals surface area contributed by atoms with Gasteiger partial charge in [-0.25, -0.2) is 19.9 Å². The third-order valence-electron chi connectivity index (χ3n) is 7.62. The van der Waals surface area contributed by atoms with Crippen LogP contribution >= 0.6 is 0 Å². The van der Waals surface area contributed by atoms with E-state index < -0.39 is 0 Å². The third kappa shape index (κ3) is 3.77. The Balaban J connectivity index is 1.32. The Bertz CT molecular complexity index is 2080. The molecule has 4 heteroatoms. The average Bonchev–Trinajstić information content (AvgIpc) is 3.04. The second kappa shape index (κ2) is 9.07. The number of fused-ring (bicyclic) bond motifs is 6. The highest BCUT2D eigenvalue weighted by atomic mass is 14.9. The predicted molar refractivity (Wildman–Crippen MR) is 164 cm³/mol. The lowest BCUT2D eigenvalue weighted by Gasteiger charge is -2.11. The third-order valence-corrected chi connectivity index (χ3v) is 7.62. The van der Waals surface area contributed by atoms with Crippen molar-refractivity contribution in [3.63, 3.8) is 0 Å². The van der Waals surface area contributed by atoms with Crippen molar-refractivity contribution in [2.45, 2.75) is 0 Å². The number of rotatable bonds is 3. The quantitative estimate of drug-likeness (QED) is 0.223. The minimum atomic E-state index is 0.576. The van der Waals surface area contributed by atoms with E-state index in [9.17, 15) is 0 Å². The van der Waals surface area contributed by atoms with Crippen molar-refractivity contribution < 1.29 is 0 Å². The van der Waals surface area contributed by atoms with Crippen molar-refractivity contribution >= 4 is 43.1 Å². The first kappa shape index (κ1) is 22.5. The molecule has 8 aromatic rings. The van der Waals surface area contributed by atoms with Gasteiger partial charge in [0.15, 0.2) is 5.82 Å². The molecule has 2 aromatic heterocycles. The smallest absolute Gasteiger partial charge is 0.179 e. The van der Waals surface area contributed by atoms with Gasteiger partial charge in [-0.2, -0.15) is 0 Å². The van der Waals surface area contributed by atoms with E-state index in [4.69, 9.17) is 9.97 Å². The molecule has 6 aromatic carbocycles. The summed E-state index contributed by atoms with van der Waals surface area (Å²) in [6.07, 6.45) is 3.26. The molecule has 0 aliphatic heterocycles. The molecule has 0 atom stereocenters. The highest BCUT2D eigenvalue weighted by Crippen LogP contribution is 2.33. The Morgan fingerprint density at radius 2 is 0.925 bits per heavy atom. The number of benzene rings is 6. The standard InChI is InChI=1S/C36H22N4/c1-3-7-29-23(5-1)9-11-25-19-27(13-15-31(25)29)34-21-35(40-36(39-34)33-17-18-37-22-38-33)28-14-16-32-26(20-28)12-10-24-6-2-4-8-30(24)32/h1-22H. The minimum absolute atomic E-state index is 0.576. The maximum absolute atomic E-state index is 4.97. The van der Waals surface area contributed by atoms with E-state index in [2.05, 4.69) is 125 Å². The molecule has 0 saturated carbocycles. The Morgan fingerprint density at radius 1 is 0.400 bits per heavy atom. The fraction of sp³-hybridized carbons (Fsp3) is 0. The van der Waals surface area contributed by atoms with Gasteiger partial charge in [0, 0.05) is 17.3 Å². The molecule has 0 unspecified atom stereocenters. The topological polar surface area (TPSA) is 51.6 Å². The van der Waals surface area contributed by atoms with Crippen LogP contribution < -0.4 is 0 Å². The summed E-state index contributed by atoms with van der Waals surface area (Å²) >= 11 is 0. The zero-order valence-corrected chi connectivity index (χ0v) is 21.5. The van der Waals surface area contributed by atoms with Gasteiger partial charge in [-0.3, -0.25) is 0 Å². The second-order valence-corrected chi connectivity index (χ2v) is 10.0. The van der Waals surface area contributed by atoms with Crippen molar-refractivity contribution in [3.05, 3.63) is 134 Å². The fourth-order valence-corrected chi connectivity index (χ4v) is 5.63. The molecule has 8 rings (SSSR count). The van der Waals surface area contributed by atoms with Crippen molar-refractivity contribution in [2.24, 2.45) is 0 Å². The molecule has 186 valence electrons. The lowest BCUT2D eigenvalue weighted by atomic mass is 9.97. The summed E-state index contributed by atoms with van der Waals surface area (Å²) in [6, 6.07) is 42.8. The summed E-state index contributed by atoms with van der Waals surface area (Å²) in [5.41, 5.74) is 4.47. The van der Waals surface area contributed by atoms with E-state index in [0.717, 1.165) is 22.5 Å². The number of nitrogens with zero attached hydrogens (tertiary/aromatic N) is 4. The van der Waals surface area contributed by atoms with E-state index in [0.29, 0.717) is 11.5 Å². The molecular formula is C36H22N4. The Labute approximate surface area is 230 Å². The van der Waals surface area contributed by atoms with E-state index >= 15 is 0 Å². The molecule has 40 heavy (non-hydrogen) atoms. The number of hydrogen-bond acceptors (Lipinski definition) is 4. The summed E-state index contributed by atoms with van der Waals surface area (Å²) in [5.74, 6) is 0.576. The van der Waals surface area contributed by atoms with Gasteiger partial charge >= 0.3 is 0 Å². The van der Waals surface area contributed by atoms with Gasteiger partial charge in [-0.05, 0) is 67.4 Å². The van der Waals surface area contributed by atoms with E-state index in [1.54, 1.807) is 6.20 Å². The first-order chi connectivity index (χ1) is 19.8. The van der Waals surface area contributed by atoms with Crippen LogP contribution in [-0.4, -0.2) is 19.9 Å². The van der Waals surface area contributed by atoms with Crippen LogP contribution in [0.2, 0.25) is 0 Å². The molecule has 0 aliphatic rings. The van der Waals surface area contributed by atoms with Gasteiger partial charge in [-0.1, -0.05) is 97.1 Å². The molecule has 0 aliphatic carbocycles. The lowest BCUT2D eigenvalue weighted by Crippen LogP contribution is -1.97. The van der Waals surface area contributed by atoms with Crippen LogP contribution in [-0.2, 0) is 0 Å². The maximum Gasteiger partial charge on any atom is 0.179 e. The van der Waals surface area contributed by atoms with Gasteiger partial charge in [0.1, 0.15) is 12.0 Å². The summed E-state index contributed by atoms with van der Waals surface area (Å²) < 4.78 is 0. The fourth-order valence-electron chi connectivity index (χ4n) is 5.63. The molecule has 0 N–H and O–H groups in total. The molecule has 0 fully saturated rings. The van der Waals surface area contributed by atoms with Crippen molar-refractivity contribution in [1.82, 2.24) is 19.9 Å². The molecule has 0 saturated heterocycles. The van der Waals surface area contributed by atoms with Crippen LogP contribution in [0.1, 0.15) is 0 Å². The summed E-state index contributed by atoms with van der Waals surface area (Å²) in [6.45, 7) is 0. The zero-order valence-electron chi connectivity index (χ0n) is 21.5. The van der Waals surface area contributed by atoms with Gasteiger partial charge in [0.05, 0.1) is 11.4 Å². The van der Waals surface area contributed by atoms with Crippen molar-refractivity contribution in [3.8, 4) is 34.0 Å². The van der Waals surface area contributed by atoms with Crippen LogP contribution in [0.25, 0.3) is 77.1 Å². The van der Waals surface area contributed by atoms with E-state index in [1.165, 1.54) is 49.4 Å². The molecule has 0 bridgehead atoms. The monoisotopic (exact) mass is 510 g/mol. The zero-order chi connectivity index (χ0) is 26.5. The molecule has 0 radical (unpaired) electrons. The first-order valence-corrected chi connectivity index (χ1v) is 13.3. The second-order valence-electron chi connectivity index (χ2n) is 10.0. The van der Waals surface area contributed by atoms with E-state index in [1.807, 2.05) is 6.07 Å². The molecule has 0 amide bonds. The minimum Gasteiger partial charge on any atom is -0.245 e. The summed E-state index contributed by atoms with van der Waals surface area (Å²) in [4.78, 5) is 18.5. The van der Waals surface area contributed by atoms with Crippen molar-refractivity contribution in [2.75, 3.05) is 0 Å². The maximum atomic E-state index is 4.97. The van der Waals surface area contributed by atoms with Gasteiger partial charge in [0.25, 0.3) is 0 Å². The van der Waals surface area contributed by atoms with Crippen LogP contribution in [0, 0.1) is 0 Å². The van der Waals surface area contributed by atoms with Gasteiger partial charge in [0.2, 0.25) is 0 Å². The van der Waals surface area contributed by atoms with Crippen LogP contribution in [0.4, 0.5) is 0 Å². The SMILES string of the molecule is c1ccc2c(c1)ccc1cc(-c3cc(-c4ccc5c(ccc6ccccc65)c4)nc(-c4ccncn4)n3)ccc12. The Kier molecular flexibility index (Phi) is 5.10. The first-order valence-electron chi connectivity index (χ1n) is 13.3. The van der Waals surface area contributed by atoms with Gasteiger partial charge in [-0.15, -0.1) is 0 Å². The van der Waals surface area contributed by atoms with Crippen LogP contribution in [0.3, 0.4) is 0 Å². The number of aromatic nitrogens is 4. The summed E-state index contributed by atoms with van der Waals surface area (Å²) in [5, 5.41) is 9.79. The van der Waals surface area contributed by atoms with E-state index in [-0.39, 0.29) is 0 Å². The number of hydrogen-bond donors (Lipinski definition) is 0. The predicted octanol–water partition coefficient (Wildman–Crippen LogP) is 8.88. The molecular weight excluding hydrogens is 488 g/mol.